The minimum absolute atomic E-state index is 0.109. The van der Waals surface area contributed by atoms with Gasteiger partial charge in [0.25, 0.3) is 15.9 Å². The smallest absolute Gasteiger partial charge is 0.327 e. The normalized spacial score (nSPS) is 12.2. The van der Waals surface area contributed by atoms with Crippen LogP contribution in [-0.2, 0) is 14.8 Å². The Bertz CT molecular complexity index is 1390. The van der Waals surface area contributed by atoms with Crippen molar-refractivity contribution in [1.29, 1.82) is 0 Å². The summed E-state index contributed by atoms with van der Waals surface area (Å²) in [5.41, 5.74) is 6.36. The number of aldehydes is 1. The molecule has 0 aromatic heterocycles. The van der Waals surface area contributed by atoms with Gasteiger partial charge in [-0.1, -0.05) is 36.4 Å². The van der Waals surface area contributed by atoms with Gasteiger partial charge < -0.3 is 15.7 Å². The predicted octanol–water partition coefficient (Wildman–Crippen LogP) is 3.13. The quantitative estimate of drug-likeness (QED) is 0.296. The molecule has 0 aliphatic heterocycles. The maximum absolute atomic E-state index is 14.1. The number of fused-ring (bicyclic) bond motifs is 1. The van der Waals surface area contributed by atoms with Crippen LogP contribution >= 0.6 is 0 Å². The molecular formula is C26H29N3O6S. The standard InChI is InChI=1S/C26H29N3O6S/c1-28(2)22-13-6-11-21-20(22)10-7-14-24(21)36(34,35)29(23(26(32)33)12-3-4-15-27)25(31)19-9-5-8-18(16-19)17-30/h5-11,13-14,16-17,23H,3-4,12,15,27H2,1-2H3,(H,32,33)/t23-/m0/s1. The molecule has 3 rings (SSSR count). The number of sulfonamides is 1. The highest BCUT2D eigenvalue weighted by Gasteiger charge is 2.40. The number of benzene rings is 3. The van der Waals surface area contributed by atoms with Crippen LogP contribution in [-0.4, -0.2) is 62.7 Å². The summed E-state index contributed by atoms with van der Waals surface area (Å²) in [6.45, 7) is 0.297. The van der Waals surface area contributed by atoms with Crippen LogP contribution in [0.25, 0.3) is 10.8 Å². The van der Waals surface area contributed by atoms with Gasteiger partial charge >= 0.3 is 5.97 Å². The fourth-order valence-electron chi connectivity index (χ4n) is 4.10. The van der Waals surface area contributed by atoms with E-state index < -0.39 is 27.9 Å². The van der Waals surface area contributed by atoms with E-state index >= 15 is 0 Å². The molecule has 0 unspecified atom stereocenters. The molecule has 0 bridgehead atoms. The Kier molecular flexibility index (Phi) is 8.44. The zero-order chi connectivity index (χ0) is 26.5. The minimum Gasteiger partial charge on any atom is -0.480 e. The van der Waals surface area contributed by atoms with E-state index in [0.29, 0.717) is 40.8 Å². The van der Waals surface area contributed by atoms with Crippen LogP contribution in [0.15, 0.2) is 65.6 Å². The van der Waals surface area contributed by atoms with Gasteiger partial charge in [-0.2, -0.15) is 0 Å². The van der Waals surface area contributed by atoms with Crippen LogP contribution in [0.2, 0.25) is 0 Å². The monoisotopic (exact) mass is 511 g/mol. The second kappa shape index (κ2) is 11.3. The Morgan fingerprint density at radius 2 is 1.67 bits per heavy atom. The van der Waals surface area contributed by atoms with Gasteiger partial charge in [-0.3, -0.25) is 9.59 Å². The number of hydrogen-bond acceptors (Lipinski definition) is 7. The van der Waals surface area contributed by atoms with E-state index in [4.69, 9.17) is 5.73 Å². The molecule has 0 aliphatic rings. The van der Waals surface area contributed by atoms with Crippen LogP contribution in [0.1, 0.15) is 40.0 Å². The van der Waals surface area contributed by atoms with Crippen LogP contribution in [0.3, 0.4) is 0 Å². The summed E-state index contributed by atoms with van der Waals surface area (Å²) < 4.78 is 28.7. The van der Waals surface area contributed by atoms with Gasteiger partial charge in [0, 0.05) is 41.7 Å². The van der Waals surface area contributed by atoms with Crippen molar-refractivity contribution in [3.8, 4) is 0 Å². The van der Waals surface area contributed by atoms with Gasteiger partial charge in [0.15, 0.2) is 0 Å². The van der Waals surface area contributed by atoms with Crippen molar-refractivity contribution in [2.45, 2.75) is 30.2 Å². The molecule has 190 valence electrons. The predicted molar refractivity (Wildman–Crippen MR) is 138 cm³/mol. The highest BCUT2D eigenvalue weighted by molar-refractivity contribution is 7.90. The highest BCUT2D eigenvalue weighted by Crippen LogP contribution is 2.33. The van der Waals surface area contributed by atoms with E-state index in [1.165, 1.54) is 30.3 Å². The van der Waals surface area contributed by atoms with Crippen molar-refractivity contribution in [3.05, 3.63) is 71.8 Å². The zero-order valence-corrected chi connectivity index (χ0v) is 20.9. The topological polar surface area (TPSA) is 138 Å². The lowest BCUT2D eigenvalue weighted by atomic mass is 10.1. The van der Waals surface area contributed by atoms with E-state index in [1.807, 2.05) is 25.1 Å². The first-order valence-electron chi connectivity index (χ1n) is 11.4. The number of hydrogen-bond donors (Lipinski definition) is 2. The number of nitrogens with zero attached hydrogens (tertiary/aromatic N) is 2. The number of carboxylic acids is 1. The molecule has 0 radical (unpaired) electrons. The third-order valence-corrected chi connectivity index (χ3v) is 7.70. The number of rotatable bonds is 11. The molecule has 36 heavy (non-hydrogen) atoms. The Morgan fingerprint density at radius 1 is 1.00 bits per heavy atom. The summed E-state index contributed by atoms with van der Waals surface area (Å²) in [6, 6.07) is 13.7. The van der Waals surface area contributed by atoms with Crippen molar-refractivity contribution >= 4 is 44.6 Å². The third-order valence-electron chi connectivity index (χ3n) is 5.85. The van der Waals surface area contributed by atoms with Crippen LogP contribution in [0.5, 0.6) is 0 Å². The van der Waals surface area contributed by atoms with Crippen molar-refractivity contribution in [1.82, 2.24) is 4.31 Å². The zero-order valence-electron chi connectivity index (χ0n) is 20.1. The number of aliphatic carboxylic acids is 1. The van der Waals surface area contributed by atoms with E-state index in [2.05, 4.69) is 0 Å². The fraction of sp³-hybridized carbons (Fsp3) is 0.269. The van der Waals surface area contributed by atoms with Crippen molar-refractivity contribution in [3.63, 3.8) is 0 Å². The largest absolute Gasteiger partial charge is 0.480 e. The Balaban J connectivity index is 2.26. The first-order chi connectivity index (χ1) is 17.1. The number of unbranched alkanes of at least 4 members (excludes halogenated alkanes) is 1. The van der Waals surface area contributed by atoms with Gasteiger partial charge in [-0.25, -0.2) is 17.5 Å². The molecule has 1 atom stereocenters. The number of amides is 1. The summed E-state index contributed by atoms with van der Waals surface area (Å²) in [4.78, 5) is 38.9. The fourth-order valence-corrected chi connectivity index (χ4v) is 5.87. The van der Waals surface area contributed by atoms with Crippen molar-refractivity contribution < 1.29 is 27.9 Å². The highest BCUT2D eigenvalue weighted by atomic mass is 32.2. The van der Waals surface area contributed by atoms with Crippen LogP contribution < -0.4 is 10.6 Å². The molecule has 3 N–H and O–H groups in total. The molecule has 1 amide bonds. The second-order valence-corrected chi connectivity index (χ2v) is 10.3. The van der Waals surface area contributed by atoms with E-state index in [1.54, 1.807) is 24.3 Å². The van der Waals surface area contributed by atoms with E-state index in [0.717, 1.165) is 5.69 Å². The molecule has 0 saturated heterocycles. The SMILES string of the molecule is CN(C)c1cccc2c(S(=O)(=O)N(C(=O)c3cccc(C=O)c3)[C@@H](CCCCN)C(=O)O)cccc12. The summed E-state index contributed by atoms with van der Waals surface area (Å²) >= 11 is 0. The maximum Gasteiger partial charge on any atom is 0.327 e. The van der Waals surface area contributed by atoms with E-state index in [9.17, 15) is 27.9 Å². The average Bonchev–Trinajstić information content (AvgIpc) is 2.86. The molecular weight excluding hydrogens is 482 g/mol. The Morgan fingerprint density at radius 3 is 2.31 bits per heavy atom. The molecule has 9 nitrogen and oxygen atoms in total. The van der Waals surface area contributed by atoms with E-state index in [-0.39, 0.29) is 22.4 Å². The third kappa shape index (κ3) is 5.39. The van der Waals surface area contributed by atoms with Gasteiger partial charge in [0.2, 0.25) is 0 Å². The molecule has 0 spiro atoms. The summed E-state index contributed by atoms with van der Waals surface area (Å²) in [7, 11) is -1.01. The summed E-state index contributed by atoms with van der Waals surface area (Å²) in [5, 5.41) is 11.0. The summed E-state index contributed by atoms with van der Waals surface area (Å²) in [5.74, 6) is -2.48. The number of carboxylic acid groups (broad SMARTS) is 1. The van der Waals surface area contributed by atoms with Gasteiger partial charge in [-0.05, 0) is 50.1 Å². The minimum atomic E-state index is -4.65. The lowest BCUT2D eigenvalue weighted by molar-refractivity contribution is -0.141. The molecule has 0 saturated carbocycles. The van der Waals surface area contributed by atoms with Crippen molar-refractivity contribution in [2.24, 2.45) is 5.73 Å². The lowest BCUT2D eigenvalue weighted by Gasteiger charge is -2.29. The lowest BCUT2D eigenvalue weighted by Crippen LogP contribution is -2.48. The van der Waals surface area contributed by atoms with Gasteiger partial charge in [0.05, 0.1) is 4.90 Å². The van der Waals surface area contributed by atoms with Gasteiger partial charge in [-0.15, -0.1) is 0 Å². The Hall–Kier alpha value is -3.76. The van der Waals surface area contributed by atoms with Crippen LogP contribution in [0, 0.1) is 0 Å². The Labute approximate surface area is 210 Å². The molecule has 0 aliphatic carbocycles. The number of nitrogens with two attached hydrogens (primary N) is 1. The molecule has 3 aromatic rings. The molecule has 0 heterocycles. The summed E-state index contributed by atoms with van der Waals surface area (Å²) in [6.07, 6.45) is 1.19. The van der Waals surface area contributed by atoms with Gasteiger partial charge in [0.1, 0.15) is 12.3 Å². The number of anilines is 1. The molecule has 0 fully saturated rings. The molecule has 10 heteroatoms. The number of carbonyl (C=O) groups excluding carboxylic acids is 2. The molecule has 3 aromatic carbocycles. The average molecular weight is 512 g/mol. The van der Waals surface area contributed by atoms with Crippen molar-refractivity contribution in [2.75, 3.05) is 25.5 Å². The first kappa shape index (κ1) is 26.8. The second-order valence-electron chi connectivity index (χ2n) is 8.51. The first-order valence-corrected chi connectivity index (χ1v) is 12.8. The number of carbonyl (C=O) groups is 3. The van der Waals surface area contributed by atoms with Crippen LogP contribution in [0.4, 0.5) is 5.69 Å². The maximum atomic E-state index is 14.1.